The van der Waals surface area contributed by atoms with Crippen molar-refractivity contribution in [2.45, 2.75) is 30.8 Å². The van der Waals surface area contributed by atoms with E-state index in [2.05, 4.69) is 12.2 Å². The molecular formula is C6H10N. The van der Waals surface area contributed by atoms with Gasteiger partial charge in [0.25, 0.3) is 0 Å². The molecule has 39 valence electrons. The maximum absolute atomic E-state index is 4.03. The molecule has 0 amide bonds. The molecule has 0 aromatic carbocycles. The van der Waals surface area contributed by atoms with Gasteiger partial charge in [0.05, 0.1) is 0 Å². The van der Waals surface area contributed by atoms with Gasteiger partial charge in [-0.3, -0.25) is 0 Å². The van der Waals surface area contributed by atoms with Gasteiger partial charge < -0.3 is 5.32 Å². The lowest BCUT2D eigenvalue weighted by Gasteiger charge is -1.95. The molecule has 2 rings (SSSR count). The third kappa shape index (κ3) is 0.367. The predicted molar refractivity (Wildman–Crippen MR) is 28.9 cm³/mol. The van der Waals surface area contributed by atoms with Crippen LogP contribution in [0.4, 0.5) is 0 Å². The van der Waals surface area contributed by atoms with Gasteiger partial charge in [-0.15, -0.1) is 0 Å². The van der Waals surface area contributed by atoms with Gasteiger partial charge in [-0.25, -0.2) is 0 Å². The Balaban J connectivity index is 2.17. The number of rotatable bonds is 0. The molecule has 2 atom stereocenters. The average molecular weight is 96.2 g/mol. The normalized spacial score (nSPS) is 57.0. The van der Waals surface area contributed by atoms with E-state index in [-0.39, 0.29) is 0 Å². The predicted octanol–water partition coefficient (Wildman–Crippen LogP) is 0.715. The van der Waals surface area contributed by atoms with Gasteiger partial charge in [0.2, 0.25) is 0 Å². The standard InChI is InChI=1S/C6H10N/c1-6-4-2-3-5(6)7-6/h5,7H,1-4H2. The molecule has 1 heteroatoms. The second-order valence-electron chi connectivity index (χ2n) is 2.75. The fourth-order valence-corrected chi connectivity index (χ4v) is 1.52. The van der Waals surface area contributed by atoms with Crippen LogP contribution in [0.3, 0.4) is 0 Å². The lowest BCUT2D eigenvalue weighted by atomic mass is 10.1. The van der Waals surface area contributed by atoms with Gasteiger partial charge in [-0.05, 0) is 26.2 Å². The Hall–Kier alpha value is -0.0400. The molecule has 1 N–H and O–H groups in total. The van der Waals surface area contributed by atoms with E-state index in [0.717, 1.165) is 6.04 Å². The van der Waals surface area contributed by atoms with E-state index in [1.807, 2.05) is 0 Å². The van der Waals surface area contributed by atoms with E-state index in [1.165, 1.54) is 19.3 Å². The fraction of sp³-hybridized carbons (Fsp3) is 0.833. The molecule has 7 heavy (non-hydrogen) atoms. The molecule has 1 radical (unpaired) electrons. The highest BCUT2D eigenvalue weighted by Crippen LogP contribution is 2.40. The van der Waals surface area contributed by atoms with Crippen molar-refractivity contribution in [3.63, 3.8) is 0 Å². The zero-order chi connectivity index (χ0) is 4.91. The van der Waals surface area contributed by atoms with Gasteiger partial charge >= 0.3 is 0 Å². The SMILES string of the molecule is [CH2]C12CCCC1N2. The van der Waals surface area contributed by atoms with E-state index in [9.17, 15) is 0 Å². The van der Waals surface area contributed by atoms with Crippen molar-refractivity contribution in [1.82, 2.24) is 5.32 Å². The first-order valence-electron chi connectivity index (χ1n) is 2.94. The van der Waals surface area contributed by atoms with Crippen LogP contribution in [-0.2, 0) is 0 Å². The second-order valence-corrected chi connectivity index (χ2v) is 2.75. The zero-order valence-electron chi connectivity index (χ0n) is 4.41. The van der Waals surface area contributed by atoms with Crippen LogP contribution >= 0.6 is 0 Å². The number of nitrogens with one attached hydrogen (secondary N) is 1. The molecule has 1 saturated heterocycles. The van der Waals surface area contributed by atoms with Crippen LogP contribution in [0.2, 0.25) is 0 Å². The van der Waals surface area contributed by atoms with Gasteiger partial charge in [0.1, 0.15) is 0 Å². The van der Waals surface area contributed by atoms with Gasteiger partial charge in [-0.2, -0.15) is 0 Å². The number of hydrogen-bond acceptors (Lipinski definition) is 1. The Kier molecular flexibility index (Phi) is 0.487. The maximum Gasteiger partial charge on any atom is 0.0339 e. The highest BCUT2D eigenvalue weighted by molar-refractivity contribution is 5.19. The van der Waals surface area contributed by atoms with Crippen LogP contribution in [0.15, 0.2) is 0 Å². The van der Waals surface area contributed by atoms with E-state index in [0.29, 0.717) is 5.54 Å². The monoisotopic (exact) mass is 96.1 g/mol. The minimum absolute atomic E-state index is 0.361. The first-order chi connectivity index (χ1) is 3.31. The van der Waals surface area contributed by atoms with Gasteiger partial charge in [0, 0.05) is 11.6 Å². The molecule has 1 aliphatic carbocycles. The van der Waals surface area contributed by atoms with Crippen molar-refractivity contribution in [3.05, 3.63) is 6.92 Å². The third-order valence-electron chi connectivity index (χ3n) is 2.16. The number of hydrogen-bond donors (Lipinski definition) is 1. The first kappa shape index (κ1) is 3.90. The van der Waals surface area contributed by atoms with E-state index < -0.39 is 0 Å². The molecule has 0 aromatic rings. The highest BCUT2D eigenvalue weighted by Gasteiger charge is 2.52. The quantitative estimate of drug-likeness (QED) is 0.441. The van der Waals surface area contributed by atoms with Crippen LogP contribution in [0.25, 0.3) is 0 Å². The molecule has 0 spiro atoms. The molecule has 1 saturated carbocycles. The van der Waals surface area contributed by atoms with Crippen LogP contribution < -0.4 is 5.32 Å². The van der Waals surface area contributed by atoms with E-state index in [4.69, 9.17) is 0 Å². The van der Waals surface area contributed by atoms with E-state index >= 15 is 0 Å². The first-order valence-corrected chi connectivity index (χ1v) is 2.94. The molecule has 2 aliphatic rings. The number of piperidine rings is 1. The molecule has 1 aliphatic heterocycles. The summed E-state index contributed by atoms with van der Waals surface area (Å²) in [6.07, 6.45) is 4.06. The van der Waals surface area contributed by atoms with Crippen LogP contribution in [0.1, 0.15) is 19.3 Å². The molecule has 0 bridgehead atoms. The lowest BCUT2D eigenvalue weighted by Crippen LogP contribution is -2.05. The summed E-state index contributed by atoms with van der Waals surface area (Å²) in [5.41, 5.74) is 0.361. The summed E-state index contributed by atoms with van der Waals surface area (Å²) in [4.78, 5) is 0. The minimum Gasteiger partial charge on any atom is -0.305 e. The Morgan fingerprint density at radius 3 is 2.71 bits per heavy atom. The fourth-order valence-electron chi connectivity index (χ4n) is 1.52. The van der Waals surface area contributed by atoms with Crippen LogP contribution in [0, 0.1) is 6.92 Å². The summed E-state index contributed by atoms with van der Waals surface area (Å²) >= 11 is 0. The second kappa shape index (κ2) is 0.873. The Morgan fingerprint density at radius 1 is 1.71 bits per heavy atom. The molecule has 0 aromatic heterocycles. The number of fused-ring (bicyclic) bond motifs is 1. The summed E-state index contributed by atoms with van der Waals surface area (Å²) in [7, 11) is 0. The molecule has 1 nitrogen and oxygen atoms in total. The maximum atomic E-state index is 4.03. The van der Waals surface area contributed by atoms with Crippen molar-refractivity contribution >= 4 is 0 Å². The summed E-state index contributed by atoms with van der Waals surface area (Å²) < 4.78 is 0. The Labute approximate surface area is 44.1 Å². The molecule has 2 fully saturated rings. The molecule has 2 unspecified atom stereocenters. The average Bonchev–Trinajstić information content (AvgIpc) is 2.09. The minimum atomic E-state index is 0.361. The third-order valence-corrected chi connectivity index (χ3v) is 2.16. The summed E-state index contributed by atoms with van der Waals surface area (Å²) in [5, 5.41) is 3.33. The Morgan fingerprint density at radius 2 is 2.57 bits per heavy atom. The van der Waals surface area contributed by atoms with Crippen LogP contribution in [-0.4, -0.2) is 11.6 Å². The van der Waals surface area contributed by atoms with Crippen molar-refractivity contribution in [1.29, 1.82) is 0 Å². The van der Waals surface area contributed by atoms with Crippen molar-refractivity contribution in [3.8, 4) is 0 Å². The lowest BCUT2D eigenvalue weighted by molar-refractivity contribution is 0.684. The molecular weight excluding hydrogens is 86.1 g/mol. The smallest absolute Gasteiger partial charge is 0.0339 e. The van der Waals surface area contributed by atoms with Crippen molar-refractivity contribution in [2.75, 3.05) is 0 Å². The highest BCUT2D eigenvalue weighted by atomic mass is 15.2. The summed E-state index contributed by atoms with van der Waals surface area (Å²) in [6, 6.07) is 0.799. The largest absolute Gasteiger partial charge is 0.305 e. The summed E-state index contributed by atoms with van der Waals surface area (Å²) in [6.45, 7) is 4.03. The van der Waals surface area contributed by atoms with Gasteiger partial charge in [-0.1, -0.05) is 0 Å². The zero-order valence-corrected chi connectivity index (χ0v) is 4.41. The van der Waals surface area contributed by atoms with E-state index in [1.54, 1.807) is 0 Å². The van der Waals surface area contributed by atoms with Crippen molar-refractivity contribution < 1.29 is 0 Å². The Bertz CT molecular complexity index is 98.4. The van der Waals surface area contributed by atoms with Gasteiger partial charge in [0.15, 0.2) is 0 Å². The van der Waals surface area contributed by atoms with Crippen LogP contribution in [0.5, 0.6) is 0 Å². The summed E-state index contributed by atoms with van der Waals surface area (Å²) in [5.74, 6) is 0. The topological polar surface area (TPSA) is 21.9 Å². The van der Waals surface area contributed by atoms with Crippen molar-refractivity contribution in [2.24, 2.45) is 0 Å². The molecule has 1 heterocycles.